The van der Waals surface area contributed by atoms with Crippen molar-refractivity contribution >= 4 is 23.3 Å². The second-order valence-corrected chi connectivity index (χ2v) is 9.17. The van der Waals surface area contributed by atoms with Gasteiger partial charge in [-0.25, -0.2) is 4.79 Å². The summed E-state index contributed by atoms with van der Waals surface area (Å²) in [6.45, 7) is 3.31. The molecule has 1 aromatic heterocycles. The molecule has 0 aliphatic carbocycles. The molecule has 7 heteroatoms. The van der Waals surface area contributed by atoms with Crippen LogP contribution in [-0.4, -0.2) is 46.0 Å². The number of nitrogens with zero attached hydrogens (tertiary/aromatic N) is 2. The van der Waals surface area contributed by atoms with E-state index in [1.807, 2.05) is 41.8 Å². The lowest BCUT2D eigenvalue weighted by Crippen LogP contribution is -2.35. The number of nitrogens with one attached hydrogen (secondary N) is 1. The first-order valence-electron chi connectivity index (χ1n) is 10.8. The summed E-state index contributed by atoms with van der Waals surface area (Å²) in [7, 11) is 0. The van der Waals surface area contributed by atoms with Crippen LogP contribution < -0.4 is 5.32 Å². The molecule has 0 radical (unpaired) electrons. The van der Waals surface area contributed by atoms with Crippen LogP contribution >= 0.6 is 11.3 Å². The fourth-order valence-corrected chi connectivity index (χ4v) is 5.15. The van der Waals surface area contributed by atoms with Gasteiger partial charge >= 0.3 is 6.03 Å². The Morgan fingerprint density at radius 3 is 2.47 bits per heavy atom. The van der Waals surface area contributed by atoms with Gasteiger partial charge in [0.25, 0.3) is 5.91 Å². The first kappa shape index (κ1) is 21.0. The Bertz CT molecular complexity index is 862. The number of thiophene rings is 1. The molecule has 160 valence electrons. The topological polar surface area (TPSA) is 72.9 Å². The SMILES string of the molecule is O=C1NC(C(O)c2csc(CN3CCCCCCC3)c2)C(=O)N1Cc1ccccc1. The highest BCUT2D eigenvalue weighted by molar-refractivity contribution is 7.10. The van der Waals surface area contributed by atoms with Gasteiger partial charge in [0.15, 0.2) is 0 Å². The summed E-state index contributed by atoms with van der Waals surface area (Å²) in [4.78, 5) is 30.0. The fourth-order valence-electron chi connectivity index (χ4n) is 4.19. The Labute approximate surface area is 181 Å². The number of hydrogen-bond donors (Lipinski definition) is 2. The van der Waals surface area contributed by atoms with Gasteiger partial charge in [-0.2, -0.15) is 0 Å². The van der Waals surface area contributed by atoms with E-state index in [9.17, 15) is 14.7 Å². The molecular weight excluding hydrogens is 398 g/mol. The van der Waals surface area contributed by atoms with E-state index in [2.05, 4.69) is 10.2 Å². The number of urea groups is 1. The van der Waals surface area contributed by atoms with Crippen LogP contribution in [-0.2, 0) is 17.9 Å². The predicted molar refractivity (Wildman–Crippen MR) is 117 cm³/mol. The normalized spacial score (nSPS) is 21.9. The molecule has 30 heavy (non-hydrogen) atoms. The molecule has 1 aromatic carbocycles. The van der Waals surface area contributed by atoms with Crippen LogP contribution in [0.15, 0.2) is 41.8 Å². The summed E-state index contributed by atoms with van der Waals surface area (Å²) in [5.74, 6) is -0.382. The molecule has 2 saturated heterocycles. The molecule has 0 spiro atoms. The maximum Gasteiger partial charge on any atom is 0.325 e. The first-order chi connectivity index (χ1) is 14.6. The van der Waals surface area contributed by atoms with Crippen LogP contribution in [0.3, 0.4) is 0 Å². The van der Waals surface area contributed by atoms with E-state index in [0.717, 1.165) is 25.2 Å². The van der Waals surface area contributed by atoms with E-state index < -0.39 is 18.2 Å². The van der Waals surface area contributed by atoms with E-state index in [1.165, 1.54) is 41.9 Å². The van der Waals surface area contributed by atoms with Crippen molar-refractivity contribution in [3.63, 3.8) is 0 Å². The lowest BCUT2D eigenvalue weighted by atomic mass is 10.0. The van der Waals surface area contributed by atoms with Crippen molar-refractivity contribution in [2.45, 2.75) is 57.3 Å². The Kier molecular flexibility index (Phi) is 6.82. The van der Waals surface area contributed by atoms with Crippen molar-refractivity contribution in [1.29, 1.82) is 0 Å². The number of aliphatic hydroxyl groups excluding tert-OH is 1. The van der Waals surface area contributed by atoms with Gasteiger partial charge in [0.05, 0.1) is 6.54 Å². The number of likely N-dealkylation sites (tertiary alicyclic amines) is 1. The van der Waals surface area contributed by atoms with E-state index in [-0.39, 0.29) is 12.5 Å². The lowest BCUT2D eigenvalue weighted by molar-refractivity contribution is -0.130. The third-order valence-electron chi connectivity index (χ3n) is 5.90. The summed E-state index contributed by atoms with van der Waals surface area (Å²) < 4.78 is 0. The van der Waals surface area contributed by atoms with Crippen molar-refractivity contribution in [3.05, 3.63) is 57.8 Å². The average Bonchev–Trinajstić information content (AvgIpc) is 3.30. The standard InChI is InChI=1S/C23H29N3O3S/c27-21(18-13-19(30-16-18)15-25-11-7-2-1-3-8-12-25)20-22(28)26(23(29)24-20)14-17-9-5-4-6-10-17/h4-6,9-10,13,16,20-21,27H,1-3,7-8,11-12,14-15H2,(H,24,29). The van der Waals surface area contributed by atoms with E-state index in [1.54, 1.807) is 11.3 Å². The van der Waals surface area contributed by atoms with Crippen molar-refractivity contribution in [2.24, 2.45) is 0 Å². The molecule has 2 N–H and O–H groups in total. The number of hydrogen-bond acceptors (Lipinski definition) is 5. The van der Waals surface area contributed by atoms with Crippen molar-refractivity contribution in [2.75, 3.05) is 13.1 Å². The van der Waals surface area contributed by atoms with E-state index >= 15 is 0 Å². The van der Waals surface area contributed by atoms with Crippen molar-refractivity contribution in [3.8, 4) is 0 Å². The summed E-state index contributed by atoms with van der Waals surface area (Å²) in [6.07, 6.45) is 5.37. The lowest BCUT2D eigenvalue weighted by Gasteiger charge is -2.23. The monoisotopic (exact) mass is 427 g/mol. The zero-order valence-corrected chi connectivity index (χ0v) is 17.9. The van der Waals surface area contributed by atoms with Gasteiger partial charge in [-0.3, -0.25) is 14.6 Å². The molecule has 3 amide bonds. The molecule has 2 fully saturated rings. The maximum absolute atomic E-state index is 12.8. The minimum Gasteiger partial charge on any atom is -0.386 e. The van der Waals surface area contributed by atoms with Crippen molar-refractivity contribution < 1.29 is 14.7 Å². The van der Waals surface area contributed by atoms with Crippen LogP contribution in [0.5, 0.6) is 0 Å². The molecule has 2 aliphatic rings. The molecule has 6 nitrogen and oxygen atoms in total. The van der Waals surface area contributed by atoms with Gasteiger partial charge in [-0.1, -0.05) is 49.6 Å². The Morgan fingerprint density at radius 2 is 1.73 bits per heavy atom. The summed E-state index contributed by atoms with van der Waals surface area (Å²) in [5.41, 5.74) is 1.57. The van der Waals surface area contributed by atoms with Crippen LogP contribution in [0.2, 0.25) is 0 Å². The third-order valence-corrected chi connectivity index (χ3v) is 6.84. The zero-order chi connectivity index (χ0) is 20.9. The van der Waals surface area contributed by atoms with Crippen molar-refractivity contribution in [1.82, 2.24) is 15.1 Å². The molecule has 2 atom stereocenters. The molecule has 0 saturated carbocycles. The highest BCUT2D eigenvalue weighted by Gasteiger charge is 2.42. The number of aliphatic hydroxyl groups is 1. The fraction of sp³-hybridized carbons (Fsp3) is 0.478. The van der Waals surface area contributed by atoms with Gasteiger partial charge in [-0.05, 0) is 48.5 Å². The number of imide groups is 1. The Morgan fingerprint density at radius 1 is 1.03 bits per heavy atom. The third kappa shape index (κ3) is 4.91. The molecule has 3 heterocycles. The first-order valence-corrected chi connectivity index (χ1v) is 11.6. The minimum atomic E-state index is -1.04. The van der Waals surface area contributed by atoms with Crippen LogP contribution in [0.4, 0.5) is 4.79 Å². The number of carbonyl (C=O) groups is 2. The smallest absolute Gasteiger partial charge is 0.325 e. The molecule has 2 aromatic rings. The van der Waals surface area contributed by atoms with E-state index in [4.69, 9.17) is 0 Å². The highest BCUT2D eigenvalue weighted by atomic mass is 32.1. The maximum atomic E-state index is 12.8. The van der Waals surface area contributed by atoms with Crippen LogP contribution in [0.25, 0.3) is 0 Å². The van der Waals surface area contributed by atoms with Gasteiger partial charge in [0.1, 0.15) is 12.1 Å². The summed E-state index contributed by atoms with van der Waals surface area (Å²) in [5, 5.41) is 15.4. The molecule has 2 unspecified atom stereocenters. The molecular formula is C23H29N3O3S. The van der Waals surface area contributed by atoms with E-state index in [0.29, 0.717) is 5.56 Å². The van der Waals surface area contributed by atoms with Crippen LogP contribution in [0, 0.1) is 0 Å². The van der Waals surface area contributed by atoms with Gasteiger partial charge in [-0.15, -0.1) is 11.3 Å². The molecule has 4 rings (SSSR count). The predicted octanol–water partition coefficient (Wildman–Crippen LogP) is 3.67. The highest BCUT2D eigenvalue weighted by Crippen LogP contribution is 2.28. The van der Waals surface area contributed by atoms with Gasteiger partial charge in [0.2, 0.25) is 0 Å². The largest absolute Gasteiger partial charge is 0.386 e. The van der Waals surface area contributed by atoms with Gasteiger partial charge < -0.3 is 10.4 Å². The quantitative estimate of drug-likeness (QED) is 0.690. The molecule has 2 aliphatic heterocycles. The Hall–Kier alpha value is -2.22. The number of carbonyl (C=O) groups excluding carboxylic acids is 2. The molecule has 0 bridgehead atoms. The van der Waals surface area contributed by atoms with Crippen LogP contribution in [0.1, 0.15) is 54.2 Å². The average molecular weight is 428 g/mol. The summed E-state index contributed by atoms with van der Waals surface area (Å²) >= 11 is 1.61. The number of rotatable bonds is 6. The minimum absolute atomic E-state index is 0.207. The second-order valence-electron chi connectivity index (χ2n) is 8.17. The zero-order valence-electron chi connectivity index (χ0n) is 17.1. The summed E-state index contributed by atoms with van der Waals surface area (Å²) in [6, 6.07) is 9.98. The van der Waals surface area contributed by atoms with Gasteiger partial charge in [0, 0.05) is 11.4 Å². The second kappa shape index (κ2) is 9.73. The Balaban J connectivity index is 1.39. The number of amides is 3. The number of benzene rings is 1.